The predicted octanol–water partition coefficient (Wildman–Crippen LogP) is 2.84. The van der Waals surface area contributed by atoms with Crippen LogP contribution < -0.4 is 5.32 Å². The first-order valence-electron chi connectivity index (χ1n) is 9.68. The molecule has 4 heterocycles. The van der Waals surface area contributed by atoms with Gasteiger partial charge in [0, 0.05) is 39.3 Å². The quantitative estimate of drug-likeness (QED) is 0.831. The van der Waals surface area contributed by atoms with Gasteiger partial charge in [-0.15, -0.1) is 11.3 Å². The van der Waals surface area contributed by atoms with Crippen LogP contribution in [-0.2, 0) is 4.74 Å². The Kier molecular flexibility index (Phi) is 5.79. The molecular weight excluding hydrogens is 378 g/mol. The van der Waals surface area contributed by atoms with E-state index in [9.17, 15) is 9.59 Å². The zero-order chi connectivity index (χ0) is 19.5. The van der Waals surface area contributed by atoms with Crippen LogP contribution in [0.2, 0.25) is 0 Å². The third-order valence-electron chi connectivity index (χ3n) is 5.24. The number of furan rings is 1. The van der Waals surface area contributed by atoms with Crippen molar-refractivity contribution in [3.8, 4) is 0 Å². The summed E-state index contributed by atoms with van der Waals surface area (Å²) in [5.74, 6) is -0.0212. The summed E-state index contributed by atoms with van der Waals surface area (Å²) in [6, 6.07) is 5.12. The van der Waals surface area contributed by atoms with Crippen molar-refractivity contribution in [3.05, 3.63) is 40.7 Å². The average molecular weight is 404 g/mol. The van der Waals surface area contributed by atoms with Gasteiger partial charge in [0.25, 0.3) is 11.8 Å². The maximum absolute atomic E-state index is 13.0. The molecule has 1 atom stereocenters. The van der Waals surface area contributed by atoms with Gasteiger partial charge in [-0.2, -0.15) is 0 Å². The summed E-state index contributed by atoms with van der Waals surface area (Å²) in [6.07, 6.45) is 4.10. The number of aryl methyl sites for hydroxylation is 1. The number of hydrogen-bond donors (Lipinski definition) is 1. The third-order valence-corrected chi connectivity index (χ3v) is 6.38. The van der Waals surface area contributed by atoms with Crippen molar-refractivity contribution in [1.82, 2.24) is 9.80 Å². The topological polar surface area (TPSA) is 75.0 Å². The average Bonchev–Trinajstić information content (AvgIpc) is 3.44. The highest BCUT2D eigenvalue weighted by molar-refractivity contribution is 7.18. The lowest BCUT2D eigenvalue weighted by Gasteiger charge is -2.35. The molecule has 2 aromatic heterocycles. The van der Waals surface area contributed by atoms with Crippen molar-refractivity contribution in [3.63, 3.8) is 0 Å². The number of nitrogens with zero attached hydrogens (tertiary/aromatic N) is 2. The summed E-state index contributed by atoms with van der Waals surface area (Å²) < 4.78 is 10.8. The zero-order valence-electron chi connectivity index (χ0n) is 16.0. The molecule has 0 bridgehead atoms. The van der Waals surface area contributed by atoms with Crippen LogP contribution in [0.15, 0.2) is 28.9 Å². The molecule has 0 aliphatic carbocycles. The van der Waals surface area contributed by atoms with Gasteiger partial charge in [0.1, 0.15) is 0 Å². The Bertz CT molecular complexity index is 819. The minimum atomic E-state index is -0.312. The zero-order valence-corrected chi connectivity index (χ0v) is 16.8. The molecular formula is C20H25N3O4S. The number of piperazine rings is 1. The number of thiophene rings is 1. The number of carbonyl (C=O) groups excluding carboxylic acids is 2. The van der Waals surface area contributed by atoms with Crippen LogP contribution in [0, 0.1) is 6.92 Å². The Labute approximate surface area is 168 Å². The highest BCUT2D eigenvalue weighted by Crippen LogP contribution is 2.29. The lowest BCUT2D eigenvalue weighted by Crippen LogP contribution is -2.50. The van der Waals surface area contributed by atoms with E-state index in [1.807, 2.05) is 17.9 Å². The molecule has 2 aliphatic rings. The van der Waals surface area contributed by atoms with E-state index in [0.29, 0.717) is 16.0 Å². The minimum Gasteiger partial charge on any atom is -0.459 e. The number of rotatable bonds is 5. The molecule has 0 saturated carbocycles. The molecule has 0 aromatic carbocycles. The summed E-state index contributed by atoms with van der Waals surface area (Å²) in [5.41, 5.74) is 0.881. The molecule has 2 amide bonds. The second-order valence-corrected chi connectivity index (χ2v) is 8.33. The van der Waals surface area contributed by atoms with E-state index in [4.69, 9.17) is 9.15 Å². The fourth-order valence-electron chi connectivity index (χ4n) is 3.69. The summed E-state index contributed by atoms with van der Waals surface area (Å²) in [6.45, 7) is 6.92. The van der Waals surface area contributed by atoms with E-state index in [2.05, 4.69) is 10.2 Å². The largest absolute Gasteiger partial charge is 0.459 e. The van der Waals surface area contributed by atoms with Gasteiger partial charge in [0.15, 0.2) is 5.76 Å². The van der Waals surface area contributed by atoms with Crippen LogP contribution in [0.25, 0.3) is 0 Å². The van der Waals surface area contributed by atoms with Gasteiger partial charge in [-0.3, -0.25) is 14.5 Å². The molecule has 2 saturated heterocycles. The number of carbonyl (C=O) groups is 2. The van der Waals surface area contributed by atoms with Crippen LogP contribution in [0.4, 0.5) is 5.00 Å². The molecule has 8 heteroatoms. The van der Waals surface area contributed by atoms with Crippen LogP contribution in [0.5, 0.6) is 0 Å². The second kappa shape index (κ2) is 8.46. The molecule has 2 fully saturated rings. The van der Waals surface area contributed by atoms with E-state index in [1.54, 1.807) is 12.1 Å². The lowest BCUT2D eigenvalue weighted by molar-refractivity contribution is 0.0435. The fraction of sp³-hybridized carbons (Fsp3) is 0.500. The van der Waals surface area contributed by atoms with E-state index in [1.165, 1.54) is 17.6 Å². The van der Waals surface area contributed by atoms with Crippen LogP contribution >= 0.6 is 11.3 Å². The van der Waals surface area contributed by atoms with Crippen molar-refractivity contribution < 1.29 is 18.7 Å². The van der Waals surface area contributed by atoms with Gasteiger partial charge in [0.05, 0.1) is 22.2 Å². The number of hydrogen-bond acceptors (Lipinski definition) is 6. The third kappa shape index (κ3) is 4.29. The first-order valence-corrected chi connectivity index (χ1v) is 10.5. The summed E-state index contributed by atoms with van der Waals surface area (Å²) in [4.78, 5) is 30.1. The molecule has 28 heavy (non-hydrogen) atoms. The van der Waals surface area contributed by atoms with Gasteiger partial charge >= 0.3 is 0 Å². The highest BCUT2D eigenvalue weighted by Gasteiger charge is 2.27. The van der Waals surface area contributed by atoms with Gasteiger partial charge in [-0.05, 0) is 43.5 Å². The Morgan fingerprint density at radius 2 is 2.11 bits per heavy atom. The summed E-state index contributed by atoms with van der Waals surface area (Å²) in [5, 5.41) is 3.46. The van der Waals surface area contributed by atoms with E-state index in [-0.39, 0.29) is 17.6 Å². The SMILES string of the molecule is Cc1cc(NC(=O)c2ccco2)sc1C(=O)N1CCN(CC2CCCO2)CC1. The van der Waals surface area contributed by atoms with Gasteiger partial charge in [-0.25, -0.2) is 0 Å². The second-order valence-electron chi connectivity index (χ2n) is 7.28. The molecule has 4 rings (SSSR count). The summed E-state index contributed by atoms with van der Waals surface area (Å²) in [7, 11) is 0. The standard InChI is InChI=1S/C20H25N3O4S/c1-14-12-17(21-19(24)16-5-3-11-27-16)28-18(14)20(25)23-8-6-22(7-9-23)13-15-4-2-10-26-15/h3,5,11-12,15H,2,4,6-10,13H2,1H3,(H,21,24). The minimum absolute atomic E-state index is 0.0396. The van der Waals surface area contributed by atoms with Crippen molar-refractivity contribution in [1.29, 1.82) is 0 Å². The fourth-order valence-corrected chi connectivity index (χ4v) is 4.73. The monoisotopic (exact) mass is 403 g/mol. The van der Waals surface area contributed by atoms with Crippen molar-refractivity contribution >= 4 is 28.2 Å². The number of ether oxygens (including phenoxy) is 1. The summed E-state index contributed by atoms with van der Waals surface area (Å²) >= 11 is 1.32. The molecule has 0 radical (unpaired) electrons. The molecule has 1 N–H and O–H groups in total. The normalized spacial score (nSPS) is 20.5. The molecule has 0 spiro atoms. The van der Waals surface area contributed by atoms with Crippen molar-refractivity contribution in [2.24, 2.45) is 0 Å². The maximum atomic E-state index is 13.0. The molecule has 2 aliphatic heterocycles. The number of nitrogens with one attached hydrogen (secondary N) is 1. The van der Waals surface area contributed by atoms with Gasteiger partial charge in [-0.1, -0.05) is 0 Å². The van der Waals surface area contributed by atoms with Crippen LogP contribution in [0.3, 0.4) is 0 Å². The van der Waals surface area contributed by atoms with Crippen LogP contribution in [-0.4, -0.2) is 67.0 Å². The smallest absolute Gasteiger partial charge is 0.291 e. The van der Waals surface area contributed by atoms with E-state index < -0.39 is 0 Å². The van der Waals surface area contributed by atoms with Gasteiger partial charge in [0.2, 0.25) is 0 Å². The molecule has 1 unspecified atom stereocenters. The van der Waals surface area contributed by atoms with Gasteiger partial charge < -0.3 is 19.4 Å². The highest BCUT2D eigenvalue weighted by atomic mass is 32.1. The number of anilines is 1. The van der Waals surface area contributed by atoms with Crippen LogP contribution in [0.1, 0.15) is 38.6 Å². The van der Waals surface area contributed by atoms with Crippen molar-refractivity contribution in [2.75, 3.05) is 44.6 Å². The molecule has 2 aromatic rings. The first kappa shape index (κ1) is 19.2. The number of amides is 2. The predicted molar refractivity (Wildman–Crippen MR) is 107 cm³/mol. The first-order chi connectivity index (χ1) is 13.6. The Hall–Kier alpha value is -2.16. The van der Waals surface area contributed by atoms with E-state index >= 15 is 0 Å². The van der Waals surface area contributed by atoms with Crippen molar-refractivity contribution in [2.45, 2.75) is 25.9 Å². The van der Waals surface area contributed by atoms with E-state index in [0.717, 1.165) is 57.7 Å². The maximum Gasteiger partial charge on any atom is 0.291 e. The lowest BCUT2D eigenvalue weighted by atomic mass is 10.2. The molecule has 7 nitrogen and oxygen atoms in total. The Balaban J connectivity index is 1.33. The Morgan fingerprint density at radius 3 is 2.79 bits per heavy atom. The Morgan fingerprint density at radius 1 is 1.29 bits per heavy atom. The molecule has 150 valence electrons.